The summed E-state index contributed by atoms with van der Waals surface area (Å²) in [5, 5.41) is 3.52. The molecule has 2 aliphatic heterocycles. The summed E-state index contributed by atoms with van der Waals surface area (Å²) in [5.41, 5.74) is 0.413. The fourth-order valence-electron chi connectivity index (χ4n) is 2.65. The van der Waals surface area contributed by atoms with E-state index in [0.29, 0.717) is 5.41 Å². The molecule has 1 unspecified atom stereocenters. The average molecular weight is 212 g/mol. The van der Waals surface area contributed by atoms with Gasteiger partial charge in [0, 0.05) is 39.3 Å². The summed E-state index contributed by atoms with van der Waals surface area (Å²) in [5.74, 6) is 0.777. The first-order valence-electron chi connectivity index (χ1n) is 6.16. The molecule has 0 aromatic rings. The maximum absolute atomic E-state index is 5.44. The molecule has 0 spiro atoms. The largest absolute Gasteiger partial charge is 0.381 e. The highest BCUT2D eigenvalue weighted by Crippen LogP contribution is 2.20. The Kier molecular flexibility index (Phi) is 3.65. The van der Waals surface area contributed by atoms with Crippen LogP contribution in [-0.2, 0) is 4.74 Å². The van der Waals surface area contributed by atoms with Gasteiger partial charge in [0.05, 0.1) is 6.61 Å². The van der Waals surface area contributed by atoms with Crippen LogP contribution in [0.15, 0.2) is 0 Å². The smallest absolute Gasteiger partial charge is 0.0507 e. The van der Waals surface area contributed by atoms with Crippen molar-refractivity contribution in [1.29, 1.82) is 0 Å². The van der Waals surface area contributed by atoms with Crippen LogP contribution >= 0.6 is 0 Å². The summed E-state index contributed by atoms with van der Waals surface area (Å²) < 4.78 is 5.44. The highest BCUT2D eigenvalue weighted by Gasteiger charge is 2.26. The van der Waals surface area contributed by atoms with Gasteiger partial charge in [0.15, 0.2) is 0 Å². The van der Waals surface area contributed by atoms with Crippen molar-refractivity contribution in [3.8, 4) is 0 Å². The van der Waals surface area contributed by atoms with Gasteiger partial charge in [-0.05, 0) is 17.8 Å². The van der Waals surface area contributed by atoms with E-state index in [2.05, 4.69) is 24.1 Å². The molecule has 0 aliphatic carbocycles. The van der Waals surface area contributed by atoms with Gasteiger partial charge in [-0.25, -0.2) is 0 Å². The fraction of sp³-hybridized carbons (Fsp3) is 1.00. The molecule has 0 saturated carbocycles. The van der Waals surface area contributed by atoms with E-state index in [1.54, 1.807) is 0 Å². The van der Waals surface area contributed by atoms with Crippen LogP contribution in [0.1, 0.15) is 20.3 Å². The maximum Gasteiger partial charge on any atom is 0.0507 e. The minimum Gasteiger partial charge on any atom is -0.381 e. The Morgan fingerprint density at radius 1 is 1.47 bits per heavy atom. The van der Waals surface area contributed by atoms with Crippen LogP contribution in [0.5, 0.6) is 0 Å². The number of rotatable bonds is 2. The normalized spacial score (nSPS) is 32.8. The van der Waals surface area contributed by atoms with Crippen molar-refractivity contribution >= 4 is 0 Å². The molecule has 0 aromatic heterocycles. The maximum atomic E-state index is 5.44. The highest BCUT2D eigenvalue weighted by atomic mass is 16.5. The molecule has 88 valence electrons. The SMILES string of the molecule is CC1(C)CNCCN(CC2CCOC2)C1. The lowest BCUT2D eigenvalue weighted by Gasteiger charge is -2.30. The van der Waals surface area contributed by atoms with Crippen LogP contribution in [0.25, 0.3) is 0 Å². The summed E-state index contributed by atoms with van der Waals surface area (Å²) in [7, 11) is 0. The lowest BCUT2D eigenvalue weighted by atomic mass is 9.93. The summed E-state index contributed by atoms with van der Waals surface area (Å²) in [4.78, 5) is 2.61. The number of ether oxygens (including phenoxy) is 1. The molecule has 2 rings (SSSR count). The van der Waals surface area contributed by atoms with Crippen molar-refractivity contribution in [2.45, 2.75) is 20.3 Å². The Morgan fingerprint density at radius 2 is 2.33 bits per heavy atom. The van der Waals surface area contributed by atoms with Crippen molar-refractivity contribution in [2.75, 3.05) is 45.9 Å². The molecule has 3 nitrogen and oxygen atoms in total. The zero-order valence-corrected chi connectivity index (χ0v) is 10.1. The van der Waals surface area contributed by atoms with Crippen molar-refractivity contribution < 1.29 is 4.74 Å². The van der Waals surface area contributed by atoms with Crippen LogP contribution in [0, 0.1) is 11.3 Å². The number of nitrogens with zero attached hydrogens (tertiary/aromatic N) is 1. The van der Waals surface area contributed by atoms with Gasteiger partial charge in [-0.3, -0.25) is 0 Å². The lowest BCUT2D eigenvalue weighted by molar-refractivity contribution is 0.152. The lowest BCUT2D eigenvalue weighted by Crippen LogP contribution is -2.38. The molecule has 0 amide bonds. The van der Waals surface area contributed by atoms with Gasteiger partial charge >= 0.3 is 0 Å². The molecular weight excluding hydrogens is 188 g/mol. The van der Waals surface area contributed by atoms with E-state index < -0.39 is 0 Å². The van der Waals surface area contributed by atoms with Crippen molar-refractivity contribution in [1.82, 2.24) is 10.2 Å². The van der Waals surface area contributed by atoms with Crippen LogP contribution < -0.4 is 5.32 Å². The summed E-state index contributed by atoms with van der Waals surface area (Å²) in [6, 6.07) is 0. The van der Waals surface area contributed by atoms with E-state index in [1.807, 2.05) is 0 Å². The topological polar surface area (TPSA) is 24.5 Å². The Bertz CT molecular complexity index is 200. The van der Waals surface area contributed by atoms with Gasteiger partial charge in [0.2, 0.25) is 0 Å². The van der Waals surface area contributed by atoms with Gasteiger partial charge in [0.1, 0.15) is 0 Å². The minimum atomic E-state index is 0.413. The molecule has 2 fully saturated rings. The Labute approximate surface area is 93.2 Å². The first kappa shape index (κ1) is 11.4. The van der Waals surface area contributed by atoms with Gasteiger partial charge in [-0.2, -0.15) is 0 Å². The quantitative estimate of drug-likeness (QED) is 0.738. The Balaban J connectivity index is 1.84. The highest BCUT2D eigenvalue weighted by molar-refractivity contribution is 4.82. The first-order valence-corrected chi connectivity index (χ1v) is 6.16. The zero-order valence-electron chi connectivity index (χ0n) is 10.1. The second-order valence-corrected chi connectivity index (χ2v) is 5.81. The average Bonchev–Trinajstić information content (AvgIpc) is 2.58. The molecule has 2 aliphatic rings. The molecule has 2 heterocycles. The van der Waals surface area contributed by atoms with Gasteiger partial charge in [-0.1, -0.05) is 13.8 Å². The predicted octanol–water partition coefficient (Wildman–Crippen LogP) is 0.954. The van der Waals surface area contributed by atoms with Crippen LogP contribution in [0.2, 0.25) is 0 Å². The standard InChI is InChI=1S/C12H24N2O/c1-12(2)9-13-4-5-14(10-12)7-11-3-6-15-8-11/h11,13H,3-10H2,1-2H3. The van der Waals surface area contributed by atoms with E-state index in [4.69, 9.17) is 4.74 Å². The third-order valence-corrected chi connectivity index (χ3v) is 3.40. The van der Waals surface area contributed by atoms with Crippen molar-refractivity contribution in [2.24, 2.45) is 11.3 Å². The van der Waals surface area contributed by atoms with Crippen molar-refractivity contribution in [3.05, 3.63) is 0 Å². The van der Waals surface area contributed by atoms with E-state index in [1.165, 1.54) is 26.1 Å². The summed E-state index contributed by atoms with van der Waals surface area (Å²) >= 11 is 0. The van der Waals surface area contributed by atoms with E-state index in [0.717, 1.165) is 32.2 Å². The van der Waals surface area contributed by atoms with Gasteiger partial charge in [0.25, 0.3) is 0 Å². The van der Waals surface area contributed by atoms with E-state index >= 15 is 0 Å². The minimum absolute atomic E-state index is 0.413. The van der Waals surface area contributed by atoms with Crippen LogP contribution in [0.4, 0.5) is 0 Å². The molecule has 1 atom stereocenters. The summed E-state index contributed by atoms with van der Waals surface area (Å²) in [6.07, 6.45) is 1.25. The molecule has 15 heavy (non-hydrogen) atoms. The molecule has 2 saturated heterocycles. The molecule has 0 bridgehead atoms. The van der Waals surface area contributed by atoms with Crippen LogP contribution in [-0.4, -0.2) is 50.8 Å². The van der Waals surface area contributed by atoms with E-state index in [9.17, 15) is 0 Å². The Hall–Kier alpha value is -0.120. The fourth-order valence-corrected chi connectivity index (χ4v) is 2.65. The molecule has 0 radical (unpaired) electrons. The zero-order chi connectivity index (χ0) is 10.7. The first-order chi connectivity index (χ1) is 7.16. The number of hydrogen-bond acceptors (Lipinski definition) is 3. The molecule has 0 aromatic carbocycles. The third kappa shape index (κ3) is 3.44. The van der Waals surface area contributed by atoms with Crippen molar-refractivity contribution in [3.63, 3.8) is 0 Å². The molecule has 3 heteroatoms. The predicted molar refractivity (Wildman–Crippen MR) is 62.0 cm³/mol. The number of nitrogens with one attached hydrogen (secondary N) is 1. The van der Waals surface area contributed by atoms with Gasteiger partial charge in [-0.15, -0.1) is 0 Å². The van der Waals surface area contributed by atoms with Gasteiger partial charge < -0.3 is 15.0 Å². The third-order valence-electron chi connectivity index (χ3n) is 3.40. The molecule has 1 N–H and O–H groups in total. The van der Waals surface area contributed by atoms with Crippen LogP contribution in [0.3, 0.4) is 0 Å². The monoisotopic (exact) mass is 212 g/mol. The Morgan fingerprint density at radius 3 is 3.07 bits per heavy atom. The number of hydrogen-bond donors (Lipinski definition) is 1. The summed E-state index contributed by atoms with van der Waals surface area (Å²) in [6.45, 7) is 12.6. The molecular formula is C12H24N2O. The van der Waals surface area contributed by atoms with E-state index in [-0.39, 0.29) is 0 Å². The second kappa shape index (κ2) is 4.81. The second-order valence-electron chi connectivity index (χ2n) is 5.81.